The first-order valence-electron chi connectivity index (χ1n) is 7.67. The first-order chi connectivity index (χ1) is 12.2. The fourth-order valence-corrected chi connectivity index (χ4v) is 2.94. The summed E-state index contributed by atoms with van der Waals surface area (Å²) in [7, 11) is -1.72. The van der Waals surface area contributed by atoms with Crippen LogP contribution in [-0.2, 0) is 14.6 Å². The summed E-state index contributed by atoms with van der Waals surface area (Å²) in [5.74, 6) is 1.15. The van der Waals surface area contributed by atoms with E-state index in [-0.39, 0.29) is 16.6 Å². The van der Waals surface area contributed by atoms with Crippen LogP contribution in [0.2, 0.25) is 0 Å². The second-order valence-electron chi connectivity index (χ2n) is 5.70. The summed E-state index contributed by atoms with van der Waals surface area (Å²) in [6.07, 6.45) is 0.894. The average molecular weight is 399 g/mol. The first-order valence-corrected chi connectivity index (χ1v) is 9.94. The van der Waals surface area contributed by atoms with Gasteiger partial charge < -0.3 is 14.2 Å². The Balaban J connectivity index is 2.27. The van der Waals surface area contributed by atoms with Crippen LogP contribution < -0.4 is 9.47 Å². The maximum Gasteiger partial charge on any atom is 0.252 e. The number of carbonyl (C=O) groups is 1. The van der Waals surface area contributed by atoms with Crippen LogP contribution in [0.1, 0.15) is 17.3 Å². The van der Waals surface area contributed by atoms with E-state index in [1.165, 1.54) is 36.4 Å². The highest BCUT2D eigenvalue weighted by atomic mass is 35.5. The molecule has 0 aromatic heterocycles. The van der Waals surface area contributed by atoms with Crippen molar-refractivity contribution in [2.45, 2.75) is 17.9 Å². The van der Waals surface area contributed by atoms with Crippen molar-refractivity contribution in [3.05, 3.63) is 48.0 Å². The lowest BCUT2D eigenvalue weighted by molar-refractivity contribution is 0.0917. The van der Waals surface area contributed by atoms with Crippen molar-refractivity contribution in [3.8, 4) is 17.2 Å². The molecule has 6 nitrogen and oxygen atoms in total. The Morgan fingerprint density at radius 1 is 1.08 bits per heavy atom. The Hall–Kier alpha value is -2.09. The molecule has 0 aliphatic carbocycles. The molecule has 26 heavy (non-hydrogen) atoms. The minimum absolute atomic E-state index is 0.187. The minimum atomic E-state index is -3.29. The number of carbonyl (C=O) groups excluding carboxylic acids is 1. The molecule has 0 heterocycles. The zero-order chi connectivity index (χ0) is 19.3. The Morgan fingerprint density at radius 3 is 2.23 bits per heavy atom. The molecule has 0 bridgehead atoms. The quantitative estimate of drug-likeness (QED) is 0.631. The van der Waals surface area contributed by atoms with Crippen LogP contribution in [0.5, 0.6) is 17.2 Å². The Labute approximate surface area is 157 Å². The SMILES string of the molecule is COC[C@H](C)Oc1cc(Oc2ccc(S(C)(=O)=O)cc2)cc(C(=O)Cl)c1. The number of halogens is 1. The molecule has 0 saturated heterocycles. The number of sulfone groups is 1. The van der Waals surface area contributed by atoms with E-state index in [0.717, 1.165) is 6.26 Å². The van der Waals surface area contributed by atoms with Gasteiger partial charge in [-0.3, -0.25) is 4.79 Å². The van der Waals surface area contributed by atoms with Gasteiger partial charge in [-0.15, -0.1) is 0 Å². The van der Waals surface area contributed by atoms with Gasteiger partial charge in [0.15, 0.2) is 9.84 Å². The number of hydrogen-bond donors (Lipinski definition) is 0. The zero-order valence-electron chi connectivity index (χ0n) is 14.6. The van der Waals surface area contributed by atoms with Gasteiger partial charge in [0.25, 0.3) is 5.24 Å². The number of ether oxygens (including phenoxy) is 3. The van der Waals surface area contributed by atoms with Crippen molar-refractivity contribution < 1.29 is 27.4 Å². The van der Waals surface area contributed by atoms with Gasteiger partial charge in [-0.1, -0.05) is 0 Å². The summed E-state index contributed by atoms with van der Waals surface area (Å²) in [4.78, 5) is 11.7. The van der Waals surface area contributed by atoms with E-state index in [4.69, 9.17) is 25.8 Å². The molecule has 0 spiro atoms. The lowest BCUT2D eigenvalue weighted by Gasteiger charge is -2.15. The van der Waals surface area contributed by atoms with Gasteiger partial charge in [0.1, 0.15) is 23.4 Å². The summed E-state index contributed by atoms with van der Waals surface area (Å²) < 4.78 is 39.4. The summed E-state index contributed by atoms with van der Waals surface area (Å²) in [5, 5.41) is -0.646. The molecule has 8 heteroatoms. The molecular formula is C18H19ClO6S. The molecule has 0 aliphatic rings. The maximum absolute atomic E-state index is 11.5. The predicted molar refractivity (Wildman–Crippen MR) is 98.2 cm³/mol. The molecule has 0 fully saturated rings. The molecule has 0 amide bonds. The highest BCUT2D eigenvalue weighted by Crippen LogP contribution is 2.29. The van der Waals surface area contributed by atoms with Crippen molar-refractivity contribution in [2.75, 3.05) is 20.0 Å². The third-order valence-corrected chi connectivity index (χ3v) is 4.68. The predicted octanol–water partition coefficient (Wildman–Crippen LogP) is 3.68. The van der Waals surface area contributed by atoms with Crippen LogP contribution in [0.3, 0.4) is 0 Å². The van der Waals surface area contributed by atoms with Gasteiger partial charge in [0, 0.05) is 25.0 Å². The van der Waals surface area contributed by atoms with Crippen molar-refractivity contribution in [2.24, 2.45) is 0 Å². The molecular weight excluding hydrogens is 380 g/mol. The Kier molecular flexibility index (Phi) is 6.63. The molecule has 0 N–H and O–H groups in total. The minimum Gasteiger partial charge on any atom is -0.488 e. The van der Waals surface area contributed by atoms with Gasteiger partial charge in [-0.05, 0) is 54.9 Å². The van der Waals surface area contributed by atoms with Gasteiger partial charge in [0.2, 0.25) is 0 Å². The van der Waals surface area contributed by atoms with E-state index < -0.39 is 15.1 Å². The largest absolute Gasteiger partial charge is 0.488 e. The van der Waals surface area contributed by atoms with Crippen molar-refractivity contribution in [3.63, 3.8) is 0 Å². The lowest BCUT2D eigenvalue weighted by atomic mass is 10.2. The fourth-order valence-electron chi connectivity index (χ4n) is 2.20. The number of benzene rings is 2. The number of hydrogen-bond acceptors (Lipinski definition) is 6. The third kappa shape index (κ3) is 5.72. The summed E-state index contributed by atoms with van der Waals surface area (Å²) in [6, 6.07) is 10.5. The second kappa shape index (κ2) is 8.53. The Bertz CT molecular complexity index is 877. The van der Waals surface area contributed by atoms with Gasteiger partial charge in [-0.2, -0.15) is 0 Å². The number of methoxy groups -OCH3 is 1. The van der Waals surface area contributed by atoms with Gasteiger partial charge >= 0.3 is 0 Å². The fraction of sp³-hybridized carbons (Fsp3) is 0.278. The molecule has 140 valence electrons. The summed E-state index contributed by atoms with van der Waals surface area (Å²) in [5.41, 5.74) is 0.219. The third-order valence-electron chi connectivity index (χ3n) is 3.33. The maximum atomic E-state index is 11.5. The van der Waals surface area contributed by atoms with Crippen LogP contribution in [0.25, 0.3) is 0 Å². The summed E-state index contributed by atoms with van der Waals surface area (Å²) in [6.45, 7) is 2.20. The van der Waals surface area contributed by atoms with E-state index in [9.17, 15) is 13.2 Å². The smallest absolute Gasteiger partial charge is 0.252 e. The topological polar surface area (TPSA) is 78.9 Å². The van der Waals surface area contributed by atoms with Gasteiger partial charge in [0.05, 0.1) is 11.5 Å². The van der Waals surface area contributed by atoms with E-state index >= 15 is 0 Å². The molecule has 1 atom stereocenters. The normalized spacial score (nSPS) is 12.5. The summed E-state index contributed by atoms with van der Waals surface area (Å²) >= 11 is 5.58. The molecule has 0 saturated carbocycles. The standard InChI is InChI=1S/C18H19ClO6S/c1-12(11-23-2)24-15-8-13(18(19)20)9-16(10-15)25-14-4-6-17(7-5-14)26(3,21)22/h4-10,12H,11H2,1-3H3/t12-/m0/s1. The highest BCUT2D eigenvalue weighted by Gasteiger charge is 2.12. The van der Waals surface area contributed by atoms with Crippen LogP contribution in [-0.4, -0.2) is 39.7 Å². The monoisotopic (exact) mass is 398 g/mol. The van der Waals surface area contributed by atoms with Crippen molar-refractivity contribution in [1.82, 2.24) is 0 Å². The van der Waals surface area contributed by atoms with E-state index in [1.54, 1.807) is 13.2 Å². The molecule has 0 aliphatic heterocycles. The molecule has 0 unspecified atom stereocenters. The zero-order valence-corrected chi connectivity index (χ0v) is 16.1. The highest BCUT2D eigenvalue weighted by molar-refractivity contribution is 7.90. The van der Waals surface area contributed by atoms with Crippen molar-refractivity contribution >= 4 is 26.7 Å². The molecule has 0 radical (unpaired) electrons. The van der Waals surface area contributed by atoms with Gasteiger partial charge in [-0.25, -0.2) is 8.42 Å². The second-order valence-corrected chi connectivity index (χ2v) is 8.06. The number of rotatable bonds is 8. The molecule has 2 aromatic carbocycles. The lowest BCUT2D eigenvalue weighted by Crippen LogP contribution is -2.18. The first kappa shape index (κ1) is 20.2. The average Bonchev–Trinajstić information content (AvgIpc) is 2.54. The van der Waals surface area contributed by atoms with Crippen LogP contribution in [0, 0.1) is 0 Å². The van der Waals surface area contributed by atoms with Crippen LogP contribution >= 0.6 is 11.6 Å². The van der Waals surface area contributed by atoms with E-state index in [2.05, 4.69) is 0 Å². The molecule has 2 aromatic rings. The van der Waals surface area contributed by atoms with Crippen LogP contribution in [0.4, 0.5) is 0 Å². The van der Waals surface area contributed by atoms with Crippen molar-refractivity contribution in [1.29, 1.82) is 0 Å². The van der Waals surface area contributed by atoms with E-state index in [1.807, 2.05) is 6.92 Å². The van der Waals surface area contributed by atoms with E-state index in [0.29, 0.717) is 23.9 Å². The molecule has 2 rings (SSSR count). The van der Waals surface area contributed by atoms with Crippen LogP contribution in [0.15, 0.2) is 47.4 Å². The Morgan fingerprint density at radius 2 is 1.69 bits per heavy atom.